The van der Waals surface area contributed by atoms with Crippen molar-refractivity contribution in [2.45, 2.75) is 44.8 Å². The van der Waals surface area contributed by atoms with E-state index < -0.39 is 5.60 Å². The van der Waals surface area contributed by atoms with Crippen molar-refractivity contribution in [2.24, 2.45) is 5.92 Å². The van der Waals surface area contributed by atoms with Gasteiger partial charge in [-0.2, -0.15) is 0 Å². The van der Waals surface area contributed by atoms with Crippen molar-refractivity contribution in [2.75, 3.05) is 32.9 Å². The van der Waals surface area contributed by atoms with Crippen LogP contribution in [-0.2, 0) is 4.74 Å². The predicted octanol–water partition coefficient (Wildman–Crippen LogP) is 2.63. The first-order chi connectivity index (χ1) is 11.1. The monoisotopic (exact) mass is 319 g/mol. The fourth-order valence-corrected chi connectivity index (χ4v) is 3.96. The molecule has 0 amide bonds. The Kier molecular flexibility index (Phi) is 5.24. The fourth-order valence-electron chi connectivity index (χ4n) is 3.96. The third kappa shape index (κ3) is 3.87. The molecule has 1 aromatic rings. The number of nitrogens with zero attached hydrogens (tertiary/aromatic N) is 1. The molecule has 2 aliphatic rings. The molecule has 2 fully saturated rings. The van der Waals surface area contributed by atoms with E-state index >= 15 is 0 Å². The van der Waals surface area contributed by atoms with Gasteiger partial charge in [-0.25, -0.2) is 0 Å². The lowest BCUT2D eigenvalue weighted by atomic mass is 9.79. The van der Waals surface area contributed by atoms with Crippen molar-refractivity contribution in [1.82, 2.24) is 4.90 Å². The van der Waals surface area contributed by atoms with Gasteiger partial charge in [0.15, 0.2) is 0 Å². The van der Waals surface area contributed by atoms with Crippen molar-refractivity contribution in [3.05, 3.63) is 29.8 Å². The third-order valence-corrected chi connectivity index (χ3v) is 5.46. The maximum Gasteiger partial charge on any atom is 0.122 e. The van der Waals surface area contributed by atoms with Gasteiger partial charge in [0.2, 0.25) is 0 Å². The summed E-state index contributed by atoms with van der Waals surface area (Å²) in [7, 11) is 0. The van der Waals surface area contributed by atoms with E-state index in [0.29, 0.717) is 25.9 Å². The fraction of sp³-hybridized carbons (Fsp3) is 0.684. The van der Waals surface area contributed by atoms with Crippen LogP contribution in [0.4, 0.5) is 0 Å². The smallest absolute Gasteiger partial charge is 0.122 e. The Morgan fingerprint density at radius 3 is 3.00 bits per heavy atom. The lowest BCUT2D eigenvalue weighted by Gasteiger charge is -2.43. The second kappa shape index (κ2) is 7.20. The molecular formula is C19H29NO3. The highest BCUT2D eigenvalue weighted by molar-refractivity contribution is 5.31. The Morgan fingerprint density at radius 2 is 2.22 bits per heavy atom. The van der Waals surface area contributed by atoms with Gasteiger partial charge in [0, 0.05) is 25.1 Å². The molecule has 3 rings (SSSR count). The second-order valence-electron chi connectivity index (χ2n) is 7.15. The zero-order valence-corrected chi connectivity index (χ0v) is 14.3. The van der Waals surface area contributed by atoms with Gasteiger partial charge >= 0.3 is 0 Å². The largest absolute Gasteiger partial charge is 0.492 e. The maximum atomic E-state index is 10.7. The van der Waals surface area contributed by atoms with Crippen molar-refractivity contribution >= 4 is 0 Å². The van der Waals surface area contributed by atoms with Crippen LogP contribution in [0, 0.1) is 12.8 Å². The molecule has 23 heavy (non-hydrogen) atoms. The first kappa shape index (κ1) is 16.7. The first-order valence-electron chi connectivity index (χ1n) is 8.80. The Bertz CT molecular complexity index is 517. The minimum Gasteiger partial charge on any atom is -0.492 e. The molecule has 128 valence electrons. The van der Waals surface area contributed by atoms with Crippen LogP contribution in [0.15, 0.2) is 24.3 Å². The molecule has 0 radical (unpaired) electrons. The van der Waals surface area contributed by atoms with Crippen molar-refractivity contribution in [3.63, 3.8) is 0 Å². The Hall–Kier alpha value is -1.10. The predicted molar refractivity (Wildman–Crippen MR) is 90.8 cm³/mol. The van der Waals surface area contributed by atoms with E-state index in [1.807, 2.05) is 25.1 Å². The van der Waals surface area contributed by atoms with Crippen molar-refractivity contribution < 1.29 is 14.6 Å². The molecule has 2 saturated heterocycles. The number of rotatable bonds is 5. The van der Waals surface area contributed by atoms with Crippen molar-refractivity contribution in [3.8, 4) is 5.75 Å². The van der Waals surface area contributed by atoms with Crippen LogP contribution < -0.4 is 4.74 Å². The molecule has 0 spiro atoms. The topological polar surface area (TPSA) is 41.9 Å². The van der Waals surface area contributed by atoms with Crippen LogP contribution in [0.5, 0.6) is 5.75 Å². The molecular weight excluding hydrogens is 290 g/mol. The molecule has 2 aliphatic heterocycles. The minimum absolute atomic E-state index is 0.206. The molecule has 4 nitrogen and oxygen atoms in total. The van der Waals surface area contributed by atoms with Crippen LogP contribution >= 0.6 is 0 Å². The van der Waals surface area contributed by atoms with Gasteiger partial charge in [-0.15, -0.1) is 0 Å². The van der Waals surface area contributed by atoms with E-state index in [9.17, 15) is 5.11 Å². The van der Waals surface area contributed by atoms with Crippen LogP contribution in [0.3, 0.4) is 0 Å². The summed E-state index contributed by atoms with van der Waals surface area (Å²) in [5.74, 6) is 1.17. The van der Waals surface area contributed by atoms with E-state index in [1.165, 1.54) is 12.0 Å². The lowest BCUT2D eigenvalue weighted by Crippen LogP contribution is -2.53. The van der Waals surface area contributed by atoms with E-state index in [-0.39, 0.29) is 5.92 Å². The van der Waals surface area contributed by atoms with Gasteiger partial charge in [-0.05, 0) is 51.3 Å². The van der Waals surface area contributed by atoms with Crippen LogP contribution in [0.1, 0.15) is 31.7 Å². The Balaban J connectivity index is 1.56. The standard InChI is InChI=1S/C19H29NO3/c1-15-6-3-4-8-18(15)23-13-11-20-10-5-7-17(20)16-14-22-12-9-19(16,2)21/h3-4,6,8,16-17,21H,5,7,9-14H2,1-2H3. The molecule has 2 heterocycles. The number of aryl methyl sites for hydroxylation is 1. The summed E-state index contributed by atoms with van der Waals surface area (Å²) >= 11 is 0. The number of aliphatic hydroxyl groups is 1. The summed E-state index contributed by atoms with van der Waals surface area (Å²) in [6, 6.07) is 8.55. The quantitative estimate of drug-likeness (QED) is 0.906. The molecule has 0 aliphatic carbocycles. The summed E-state index contributed by atoms with van der Waals surface area (Å²) in [5.41, 5.74) is 0.566. The van der Waals surface area contributed by atoms with Gasteiger partial charge in [-0.1, -0.05) is 18.2 Å². The number of hydrogen-bond acceptors (Lipinski definition) is 4. The van der Waals surface area contributed by atoms with E-state index in [4.69, 9.17) is 9.47 Å². The zero-order valence-electron chi connectivity index (χ0n) is 14.3. The van der Waals surface area contributed by atoms with Gasteiger partial charge in [0.25, 0.3) is 0 Å². The molecule has 0 aromatic heterocycles. The summed E-state index contributed by atoms with van der Waals surface area (Å²) in [6.45, 7) is 8.08. The number of para-hydroxylation sites is 1. The Labute approximate surface area is 139 Å². The minimum atomic E-state index is -0.609. The highest BCUT2D eigenvalue weighted by Crippen LogP contribution is 2.35. The normalized spacial score (nSPS) is 32.1. The van der Waals surface area contributed by atoms with Gasteiger partial charge in [-0.3, -0.25) is 4.90 Å². The highest BCUT2D eigenvalue weighted by atomic mass is 16.5. The third-order valence-electron chi connectivity index (χ3n) is 5.46. The number of likely N-dealkylation sites (tertiary alicyclic amines) is 1. The maximum absolute atomic E-state index is 10.7. The average Bonchev–Trinajstić information content (AvgIpc) is 2.97. The van der Waals surface area contributed by atoms with Crippen LogP contribution in [-0.4, -0.2) is 54.6 Å². The SMILES string of the molecule is Cc1ccccc1OCCN1CCCC1C1COCCC1(C)O. The number of benzene rings is 1. The van der Waals surface area contributed by atoms with Crippen LogP contribution in [0.2, 0.25) is 0 Å². The highest BCUT2D eigenvalue weighted by Gasteiger charge is 2.43. The second-order valence-corrected chi connectivity index (χ2v) is 7.15. The number of ether oxygens (including phenoxy) is 2. The molecule has 1 N–H and O–H groups in total. The van der Waals surface area contributed by atoms with E-state index in [0.717, 1.165) is 31.7 Å². The van der Waals surface area contributed by atoms with Crippen LogP contribution in [0.25, 0.3) is 0 Å². The van der Waals surface area contributed by atoms with Gasteiger partial charge in [0.1, 0.15) is 12.4 Å². The van der Waals surface area contributed by atoms with E-state index in [2.05, 4.69) is 17.9 Å². The molecule has 0 bridgehead atoms. The van der Waals surface area contributed by atoms with Gasteiger partial charge in [0.05, 0.1) is 12.2 Å². The van der Waals surface area contributed by atoms with Crippen molar-refractivity contribution in [1.29, 1.82) is 0 Å². The zero-order chi connectivity index (χ0) is 16.3. The summed E-state index contributed by atoms with van der Waals surface area (Å²) in [6.07, 6.45) is 3.08. The molecule has 3 atom stereocenters. The lowest BCUT2D eigenvalue weighted by molar-refractivity contribution is -0.123. The summed E-state index contributed by atoms with van der Waals surface area (Å²) < 4.78 is 11.6. The Morgan fingerprint density at radius 1 is 1.39 bits per heavy atom. The molecule has 1 aromatic carbocycles. The molecule has 4 heteroatoms. The average molecular weight is 319 g/mol. The van der Waals surface area contributed by atoms with Gasteiger partial charge < -0.3 is 14.6 Å². The molecule has 0 saturated carbocycles. The summed E-state index contributed by atoms with van der Waals surface area (Å²) in [5, 5.41) is 10.7. The first-order valence-corrected chi connectivity index (χ1v) is 8.80. The summed E-state index contributed by atoms with van der Waals surface area (Å²) in [4.78, 5) is 2.48. The van der Waals surface area contributed by atoms with E-state index in [1.54, 1.807) is 0 Å². The number of hydrogen-bond donors (Lipinski definition) is 1. The molecule has 3 unspecified atom stereocenters.